The third-order valence-corrected chi connectivity index (χ3v) is 3.78. The molecule has 1 fully saturated rings. The molecule has 2 rings (SSSR count). The fourth-order valence-electron chi connectivity index (χ4n) is 2.35. The van der Waals surface area contributed by atoms with E-state index in [-0.39, 0.29) is 30.8 Å². The van der Waals surface area contributed by atoms with Crippen LogP contribution < -0.4 is 20.7 Å². The van der Waals surface area contributed by atoms with Crippen LogP contribution in [-0.2, 0) is 14.3 Å². The van der Waals surface area contributed by atoms with Crippen molar-refractivity contribution in [2.45, 2.75) is 18.9 Å². The zero-order valence-corrected chi connectivity index (χ0v) is 14.3. The van der Waals surface area contributed by atoms with Crippen LogP contribution in [0.25, 0.3) is 0 Å². The molecule has 0 aliphatic carbocycles. The Hall–Kier alpha value is -1.83. The Morgan fingerprint density at radius 1 is 1.42 bits per heavy atom. The summed E-state index contributed by atoms with van der Waals surface area (Å²) in [7, 11) is 1.52. The topological polar surface area (TPSA) is 88.7 Å². The van der Waals surface area contributed by atoms with Crippen molar-refractivity contribution in [1.82, 2.24) is 10.6 Å². The molecule has 1 unspecified atom stereocenters. The van der Waals surface area contributed by atoms with Gasteiger partial charge in [-0.15, -0.1) is 0 Å². The molecule has 1 aromatic carbocycles. The van der Waals surface area contributed by atoms with Crippen molar-refractivity contribution in [1.29, 1.82) is 0 Å². The lowest BCUT2D eigenvalue weighted by Crippen LogP contribution is -2.44. The van der Waals surface area contributed by atoms with Gasteiger partial charge in [-0.1, -0.05) is 11.6 Å². The second-order valence-corrected chi connectivity index (χ2v) is 5.86. The zero-order valence-electron chi connectivity index (χ0n) is 13.6. The second kappa shape index (κ2) is 9.46. The van der Waals surface area contributed by atoms with Gasteiger partial charge >= 0.3 is 0 Å². The van der Waals surface area contributed by atoms with Crippen LogP contribution in [0.1, 0.15) is 12.8 Å². The molecule has 24 heavy (non-hydrogen) atoms. The lowest BCUT2D eigenvalue weighted by molar-refractivity contribution is -0.122. The highest BCUT2D eigenvalue weighted by atomic mass is 35.5. The SMILES string of the molecule is COc1ccc(Cl)cc1NC(=O)CCNC(=O)CC1COCCN1. The average Bonchev–Trinajstić information content (AvgIpc) is 2.56. The van der Waals surface area contributed by atoms with Crippen molar-refractivity contribution in [3.63, 3.8) is 0 Å². The van der Waals surface area contributed by atoms with Crippen LogP contribution in [-0.4, -0.2) is 51.3 Å². The van der Waals surface area contributed by atoms with Gasteiger partial charge in [0.25, 0.3) is 0 Å². The van der Waals surface area contributed by atoms with Gasteiger partial charge in [-0.05, 0) is 18.2 Å². The van der Waals surface area contributed by atoms with Gasteiger partial charge in [0, 0.05) is 37.0 Å². The number of nitrogens with one attached hydrogen (secondary N) is 3. The Labute approximate surface area is 146 Å². The van der Waals surface area contributed by atoms with Crippen molar-refractivity contribution in [3.05, 3.63) is 23.2 Å². The van der Waals surface area contributed by atoms with E-state index in [9.17, 15) is 9.59 Å². The second-order valence-electron chi connectivity index (χ2n) is 5.42. The summed E-state index contributed by atoms with van der Waals surface area (Å²) in [5.41, 5.74) is 0.505. The molecular weight excluding hydrogens is 334 g/mol. The highest BCUT2D eigenvalue weighted by Crippen LogP contribution is 2.27. The molecule has 0 aromatic heterocycles. The molecule has 0 spiro atoms. The summed E-state index contributed by atoms with van der Waals surface area (Å²) in [4.78, 5) is 23.8. The summed E-state index contributed by atoms with van der Waals surface area (Å²) in [5.74, 6) is 0.196. The fourth-order valence-corrected chi connectivity index (χ4v) is 2.52. The Balaban J connectivity index is 1.71. The first-order valence-corrected chi connectivity index (χ1v) is 8.17. The van der Waals surface area contributed by atoms with Crippen molar-refractivity contribution >= 4 is 29.1 Å². The van der Waals surface area contributed by atoms with Crippen LogP contribution >= 0.6 is 11.6 Å². The molecule has 1 aliphatic heterocycles. The predicted octanol–water partition coefficient (Wildman–Crippen LogP) is 1.17. The quantitative estimate of drug-likeness (QED) is 0.683. The minimum absolute atomic E-state index is 0.0308. The van der Waals surface area contributed by atoms with Crippen LogP contribution in [0.3, 0.4) is 0 Å². The van der Waals surface area contributed by atoms with Gasteiger partial charge in [0.15, 0.2) is 0 Å². The summed E-state index contributed by atoms with van der Waals surface area (Å²) in [5, 5.41) is 9.17. The van der Waals surface area contributed by atoms with E-state index in [1.54, 1.807) is 18.2 Å². The monoisotopic (exact) mass is 355 g/mol. The molecule has 1 aliphatic rings. The minimum Gasteiger partial charge on any atom is -0.495 e. The Bertz CT molecular complexity index is 576. The largest absolute Gasteiger partial charge is 0.495 e. The maximum absolute atomic E-state index is 12.0. The molecule has 8 heteroatoms. The molecular formula is C16H22ClN3O4. The van der Waals surface area contributed by atoms with Crippen molar-refractivity contribution in [2.24, 2.45) is 0 Å². The molecule has 0 bridgehead atoms. The number of carbonyl (C=O) groups excluding carboxylic acids is 2. The van der Waals surface area contributed by atoms with Gasteiger partial charge in [-0.25, -0.2) is 0 Å². The van der Waals surface area contributed by atoms with E-state index in [0.29, 0.717) is 36.1 Å². The van der Waals surface area contributed by atoms with Crippen LogP contribution in [0.4, 0.5) is 5.69 Å². The third kappa shape index (κ3) is 5.99. The average molecular weight is 356 g/mol. The molecule has 132 valence electrons. The summed E-state index contributed by atoms with van der Waals surface area (Å²) in [6, 6.07) is 5.01. The number of methoxy groups -OCH3 is 1. The summed E-state index contributed by atoms with van der Waals surface area (Å²) >= 11 is 5.92. The van der Waals surface area contributed by atoms with Crippen molar-refractivity contribution in [3.8, 4) is 5.75 Å². The minimum atomic E-state index is -0.227. The van der Waals surface area contributed by atoms with Crippen LogP contribution in [0.2, 0.25) is 5.02 Å². The number of benzene rings is 1. The normalized spacial score (nSPS) is 17.2. The van der Waals surface area contributed by atoms with E-state index in [4.69, 9.17) is 21.1 Å². The molecule has 3 N–H and O–H groups in total. The number of hydrogen-bond donors (Lipinski definition) is 3. The highest BCUT2D eigenvalue weighted by molar-refractivity contribution is 6.31. The molecule has 1 saturated heterocycles. The predicted molar refractivity (Wildman–Crippen MR) is 91.5 cm³/mol. The van der Waals surface area contributed by atoms with Gasteiger partial charge in [0.2, 0.25) is 11.8 Å². The molecule has 1 aromatic rings. The number of amides is 2. The van der Waals surface area contributed by atoms with E-state index in [1.165, 1.54) is 7.11 Å². The van der Waals surface area contributed by atoms with Gasteiger partial charge in [0.1, 0.15) is 5.75 Å². The van der Waals surface area contributed by atoms with E-state index in [0.717, 1.165) is 6.54 Å². The van der Waals surface area contributed by atoms with Crippen LogP contribution in [0.15, 0.2) is 18.2 Å². The number of morpholine rings is 1. The molecule has 1 atom stereocenters. The molecule has 1 heterocycles. The number of anilines is 1. The van der Waals surface area contributed by atoms with Gasteiger partial charge < -0.3 is 25.4 Å². The smallest absolute Gasteiger partial charge is 0.226 e. The van der Waals surface area contributed by atoms with Gasteiger partial charge in [0.05, 0.1) is 26.0 Å². The van der Waals surface area contributed by atoms with Gasteiger partial charge in [-0.2, -0.15) is 0 Å². The number of rotatable bonds is 7. The first kappa shape index (κ1) is 18.5. The number of ether oxygens (including phenoxy) is 2. The van der Waals surface area contributed by atoms with E-state index >= 15 is 0 Å². The summed E-state index contributed by atoms with van der Waals surface area (Å²) in [6.45, 7) is 2.22. The maximum atomic E-state index is 12.0. The Morgan fingerprint density at radius 3 is 2.96 bits per heavy atom. The molecule has 7 nitrogen and oxygen atoms in total. The first-order chi connectivity index (χ1) is 11.6. The molecule has 2 amide bonds. The molecule has 0 radical (unpaired) electrons. The van der Waals surface area contributed by atoms with E-state index in [1.807, 2.05) is 0 Å². The van der Waals surface area contributed by atoms with Crippen LogP contribution in [0.5, 0.6) is 5.75 Å². The lowest BCUT2D eigenvalue weighted by atomic mass is 10.2. The maximum Gasteiger partial charge on any atom is 0.226 e. The van der Waals surface area contributed by atoms with E-state index < -0.39 is 0 Å². The number of carbonyl (C=O) groups is 2. The van der Waals surface area contributed by atoms with Crippen molar-refractivity contribution < 1.29 is 19.1 Å². The van der Waals surface area contributed by atoms with Crippen molar-refractivity contribution in [2.75, 3.05) is 38.7 Å². The standard InChI is InChI=1S/C16H22ClN3O4/c1-23-14-3-2-11(17)8-13(14)20-15(21)4-5-19-16(22)9-12-10-24-7-6-18-12/h2-3,8,12,18H,4-7,9-10H2,1H3,(H,19,22)(H,20,21). The lowest BCUT2D eigenvalue weighted by Gasteiger charge is -2.23. The number of halogens is 1. The van der Waals surface area contributed by atoms with Crippen LogP contribution in [0, 0.1) is 0 Å². The zero-order chi connectivity index (χ0) is 17.4. The Morgan fingerprint density at radius 2 is 2.25 bits per heavy atom. The third-order valence-electron chi connectivity index (χ3n) is 3.54. The first-order valence-electron chi connectivity index (χ1n) is 7.79. The molecule has 0 saturated carbocycles. The summed E-state index contributed by atoms with van der Waals surface area (Å²) in [6.07, 6.45) is 0.500. The Kier molecular flexibility index (Phi) is 7.30. The van der Waals surface area contributed by atoms with Gasteiger partial charge in [-0.3, -0.25) is 9.59 Å². The number of hydrogen-bond acceptors (Lipinski definition) is 5. The highest BCUT2D eigenvalue weighted by Gasteiger charge is 2.16. The van der Waals surface area contributed by atoms with E-state index in [2.05, 4.69) is 16.0 Å². The summed E-state index contributed by atoms with van der Waals surface area (Å²) < 4.78 is 10.5. The fraction of sp³-hybridized carbons (Fsp3) is 0.500.